The van der Waals surface area contributed by atoms with E-state index in [1.54, 1.807) is 11.3 Å². The van der Waals surface area contributed by atoms with Crippen molar-refractivity contribution in [3.8, 4) is 0 Å². The first-order chi connectivity index (χ1) is 9.63. The lowest BCUT2D eigenvalue weighted by Crippen LogP contribution is -2.17. The number of benzene rings is 1. The highest BCUT2D eigenvalue weighted by Gasteiger charge is 2.29. The van der Waals surface area contributed by atoms with Gasteiger partial charge in [0.25, 0.3) is 0 Å². The number of hydrogen-bond acceptors (Lipinski definition) is 3. The van der Waals surface area contributed by atoms with Gasteiger partial charge in [0.15, 0.2) is 0 Å². The molecule has 1 aliphatic carbocycles. The Hall–Kier alpha value is -1.68. The molecule has 0 aliphatic heterocycles. The van der Waals surface area contributed by atoms with Crippen LogP contribution in [0.15, 0.2) is 24.3 Å². The standard InChI is InChI=1S/C16H17NO2S/c1-10-4-2-5-11(8-10)9-14-17-15-12(16(18)19)6-3-7-13(15)20-14/h2,4-5,8,12H,3,6-7,9H2,1H3,(H,18,19). The number of nitrogens with zero attached hydrogens (tertiary/aromatic N) is 1. The highest BCUT2D eigenvalue weighted by molar-refractivity contribution is 7.11. The Morgan fingerprint density at radius 2 is 2.35 bits per heavy atom. The maximum Gasteiger partial charge on any atom is 0.312 e. The van der Waals surface area contributed by atoms with Gasteiger partial charge in [-0.2, -0.15) is 0 Å². The molecule has 4 heteroatoms. The second-order valence-corrected chi connectivity index (χ2v) is 6.53. The lowest BCUT2D eigenvalue weighted by Gasteiger charge is -2.16. The fourth-order valence-electron chi connectivity index (χ4n) is 2.78. The fourth-order valence-corrected chi connectivity index (χ4v) is 3.99. The van der Waals surface area contributed by atoms with E-state index in [2.05, 4.69) is 36.2 Å². The van der Waals surface area contributed by atoms with Gasteiger partial charge in [0.1, 0.15) is 0 Å². The van der Waals surface area contributed by atoms with Crippen molar-refractivity contribution in [1.29, 1.82) is 0 Å². The Bertz CT molecular complexity index is 648. The smallest absolute Gasteiger partial charge is 0.312 e. The van der Waals surface area contributed by atoms with Gasteiger partial charge in [0.2, 0.25) is 0 Å². The molecule has 0 bridgehead atoms. The van der Waals surface area contributed by atoms with Gasteiger partial charge in [-0.25, -0.2) is 4.98 Å². The van der Waals surface area contributed by atoms with Crippen molar-refractivity contribution >= 4 is 17.3 Å². The first kappa shape index (κ1) is 13.3. The summed E-state index contributed by atoms with van der Waals surface area (Å²) in [6.07, 6.45) is 3.45. The van der Waals surface area contributed by atoms with E-state index in [-0.39, 0.29) is 0 Å². The molecule has 20 heavy (non-hydrogen) atoms. The number of carboxylic acids is 1. The molecular formula is C16H17NO2S. The third-order valence-corrected chi connectivity index (χ3v) is 4.87. The van der Waals surface area contributed by atoms with E-state index in [9.17, 15) is 9.90 Å². The second kappa shape index (κ2) is 5.37. The molecule has 1 N–H and O–H groups in total. The SMILES string of the molecule is Cc1cccc(Cc2nc3c(s2)CCCC3C(=O)O)c1. The molecule has 104 valence electrons. The van der Waals surface area contributed by atoms with E-state index in [0.717, 1.165) is 36.4 Å². The number of hydrogen-bond donors (Lipinski definition) is 1. The van der Waals surface area contributed by atoms with Gasteiger partial charge in [-0.05, 0) is 31.7 Å². The van der Waals surface area contributed by atoms with Crippen LogP contribution in [0, 0.1) is 6.92 Å². The molecule has 0 amide bonds. The van der Waals surface area contributed by atoms with E-state index in [1.165, 1.54) is 16.0 Å². The minimum Gasteiger partial charge on any atom is -0.481 e. The molecule has 1 heterocycles. The average molecular weight is 287 g/mol. The Labute approximate surface area is 122 Å². The van der Waals surface area contributed by atoms with Crippen molar-refractivity contribution < 1.29 is 9.90 Å². The van der Waals surface area contributed by atoms with Crippen LogP contribution in [0.2, 0.25) is 0 Å². The molecule has 3 rings (SSSR count). The van der Waals surface area contributed by atoms with E-state index >= 15 is 0 Å². The average Bonchev–Trinajstić information content (AvgIpc) is 2.80. The molecule has 0 saturated carbocycles. The van der Waals surface area contributed by atoms with E-state index in [1.807, 2.05) is 0 Å². The monoisotopic (exact) mass is 287 g/mol. The number of aryl methyl sites for hydroxylation is 2. The summed E-state index contributed by atoms with van der Waals surface area (Å²) < 4.78 is 0. The van der Waals surface area contributed by atoms with E-state index < -0.39 is 11.9 Å². The second-order valence-electron chi connectivity index (χ2n) is 5.36. The van der Waals surface area contributed by atoms with Crippen molar-refractivity contribution in [2.24, 2.45) is 0 Å². The molecule has 1 unspecified atom stereocenters. The van der Waals surface area contributed by atoms with Crippen LogP contribution in [0.3, 0.4) is 0 Å². The summed E-state index contributed by atoms with van der Waals surface area (Å²) in [6.45, 7) is 2.08. The van der Waals surface area contributed by atoms with E-state index in [0.29, 0.717) is 0 Å². The summed E-state index contributed by atoms with van der Waals surface area (Å²) in [4.78, 5) is 17.1. The summed E-state index contributed by atoms with van der Waals surface area (Å²) in [5.41, 5.74) is 3.30. The quantitative estimate of drug-likeness (QED) is 0.939. The summed E-state index contributed by atoms with van der Waals surface area (Å²) in [7, 11) is 0. The largest absolute Gasteiger partial charge is 0.481 e. The lowest BCUT2D eigenvalue weighted by molar-refractivity contribution is -0.139. The van der Waals surface area contributed by atoms with Gasteiger partial charge >= 0.3 is 5.97 Å². The molecule has 1 atom stereocenters. The van der Waals surface area contributed by atoms with Crippen LogP contribution in [0.5, 0.6) is 0 Å². The predicted molar refractivity (Wildman–Crippen MR) is 79.4 cm³/mol. The van der Waals surface area contributed by atoms with Crippen LogP contribution < -0.4 is 0 Å². The predicted octanol–water partition coefficient (Wildman–Crippen LogP) is 3.55. The molecule has 0 spiro atoms. The molecule has 1 aromatic heterocycles. The molecule has 0 radical (unpaired) electrons. The first-order valence-electron chi connectivity index (χ1n) is 6.90. The molecule has 3 nitrogen and oxygen atoms in total. The Kier molecular flexibility index (Phi) is 3.57. The zero-order chi connectivity index (χ0) is 14.1. The number of aromatic nitrogens is 1. The number of carboxylic acid groups (broad SMARTS) is 1. The van der Waals surface area contributed by atoms with Gasteiger partial charge in [-0.15, -0.1) is 11.3 Å². The minimum absolute atomic E-state index is 0.402. The topological polar surface area (TPSA) is 50.2 Å². The molecule has 0 saturated heterocycles. The van der Waals surface area contributed by atoms with Gasteiger partial charge in [-0.1, -0.05) is 29.8 Å². The Balaban J connectivity index is 1.87. The summed E-state index contributed by atoms with van der Waals surface area (Å²) in [6, 6.07) is 8.40. The number of carbonyl (C=O) groups is 1. The third-order valence-electron chi connectivity index (χ3n) is 3.73. The summed E-state index contributed by atoms with van der Waals surface area (Å²) in [5, 5.41) is 10.3. The van der Waals surface area contributed by atoms with Crippen molar-refractivity contribution in [3.63, 3.8) is 0 Å². The van der Waals surface area contributed by atoms with Crippen LogP contribution in [0.4, 0.5) is 0 Å². The van der Waals surface area contributed by atoms with E-state index in [4.69, 9.17) is 0 Å². The lowest BCUT2D eigenvalue weighted by atomic mass is 9.91. The Morgan fingerprint density at radius 3 is 3.10 bits per heavy atom. The normalized spacial score (nSPS) is 17.8. The Morgan fingerprint density at radius 1 is 1.50 bits per heavy atom. The third kappa shape index (κ3) is 2.61. The number of aliphatic carboxylic acids is 1. The molecule has 1 aromatic carbocycles. The zero-order valence-corrected chi connectivity index (χ0v) is 12.2. The fraction of sp³-hybridized carbons (Fsp3) is 0.375. The van der Waals surface area contributed by atoms with Crippen LogP contribution in [0.25, 0.3) is 0 Å². The van der Waals surface area contributed by atoms with Crippen LogP contribution >= 0.6 is 11.3 Å². The van der Waals surface area contributed by atoms with Crippen LogP contribution in [-0.4, -0.2) is 16.1 Å². The molecule has 1 aliphatic rings. The maximum absolute atomic E-state index is 11.3. The summed E-state index contributed by atoms with van der Waals surface area (Å²) >= 11 is 1.68. The van der Waals surface area contributed by atoms with Crippen LogP contribution in [0.1, 0.15) is 45.5 Å². The van der Waals surface area contributed by atoms with Gasteiger partial charge in [0, 0.05) is 11.3 Å². The zero-order valence-electron chi connectivity index (χ0n) is 11.4. The van der Waals surface area contributed by atoms with Gasteiger partial charge < -0.3 is 5.11 Å². The minimum atomic E-state index is -0.738. The maximum atomic E-state index is 11.3. The van der Waals surface area contributed by atoms with Gasteiger partial charge in [0.05, 0.1) is 16.6 Å². The summed E-state index contributed by atoms with van der Waals surface area (Å²) in [5.74, 6) is -1.14. The van der Waals surface area contributed by atoms with Crippen molar-refractivity contribution in [2.45, 2.75) is 38.5 Å². The number of thiazole rings is 1. The molecule has 2 aromatic rings. The molecular weight excluding hydrogens is 270 g/mol. The van der Waals surface area contributed by atoms with Gasteiger partial charge in [-0.3, -0.25) is 4.79 Å². The van der Waals surface area contributed by atoms with Crippen molar-refractivity contribution in [1.82, 2.24) is 4.98 Å². The molecule has 0 fully saturated rings. The highest BCUT2D eigenvalue weighted by Crippen LogP contribution is 2.35. The first-order valence-corrected chi connectivity index (χ1v) is 7.72. The van der Waals surface area contributed by atoms with Crippen LogP contribution in [-0.2, 0) is 17.6 Å². The number of fused-ring (bicyclic) bond motifs is 1. The highest BCUT2D eigenvalue weighted by atomic mass is 32.1. The van der Waals surface area contributed by atoms with Crippen molar-refractivity contribution in [3.05, 3.63) is 51.0 Å². The van der Waals surface area contributed by atoms with Crippen molar-refractivity contribution in [2.75, 3.05) is 0 Å². The number of rotatable bonds is 3.